The first-order valence-electron chi connectivity index (χ1n) is 7.18. The van der Waals surface area contributed by atoms with Crippen LogP contribution in [-0.4, -0.2) is 52.1 Å². The number of hydrogen-bond donors (Lipinski definition) is 1. The van der Waals surface area contributed by atoms with Crippen LogP contribution in [0.5, 0.6) is 5.75 Å². The third-order valence-corrected chi connectivity index (χ3v) is 3.78. The van der Waals surface area contributed by atoms with Gasteiger partial charge in [0.1, 0.15) is 11.8 Å². The quantitative estimate of drug-likeness (QED) is 0.587. The van der Waals surface area contributed by atoms with Crippen LogP contribution in [0.2, 0.25) is 0 Å². The maximum Gasteiger partial charge on any atom is 0.488 e. The second kappa shape index (κ2) is 8.10. The predicted molar refractivity (Wildman–Crippen MR) is 84.1 cm³/mol. The summed E-state index contributed by atoms with van der Waals surface area (Å²) in [4.78, 5) is 14.3. The molecule has 0 spiro atoms. The molecule has 1 heterocycles. The highest BCUT2D eigenvalue weighted by atomic mass is 32.3. The lowest BCUT2D eigenvalue weighted by atomic mass is 10.0. The fourth-order valence-corrected chi connectivity index (χ4v) is 2.65. The number of carbonyl (C=O) groups excluding carboxylic acids is 1. The lowest BCUT2D eigenvalue weighted by molar-refractivity contribution is -0.137. The molecule has 2 rings (SSSR count). The first-order chi connectivity index (χ1) is 11.4. The van der Waals surface area contributed by atoms with Gasteiger partial charge in [-0.3, -0.25) is 10.1 Å². The van der Waals surface area contributed by atoms with Gasteiger partial charge in [-0.1, -0.05) is 21.9 Å². The van der Waals surface area contributed by atoms with Crippen LogP contribution < -0.4 is 9.50 Å². The van der Waals surface area contributed by atoms with Gasteiger partial charge in [0.2, 0.25) is 5.91 Å². The number of terminal acetylenes is 1. The lowest BCUT2D eigenvalue weighted by Gasteiger charge is -2.30. The second-order valence-electron chi connectivity index (χ2n) is 5.00. The molecule has 7 nitrogen and oxygen atoms in total. The van der Waals surface area contributed by atoms with Crippen molar-refractivity contribution in [1.29, 1.82) is 0 Å². The summed E-state index contributed by atoms with van der Waals surface area (Å²) in [6.45, 7) is 2.07. The van der Waals surface area contributed by atoms with Crippen molar-refractivity contribution in [2.45, 2.75) is 6.04 Å². The Bertz CT molecular complexity index is 708. The van der Waals surface area contributed by atoms with E-state index in [2.05, 4.69) is 15.4 Å². The number of nitrogens with zero attached hydrogens (tertiary/aromatic N) is 1. The Labute approximate surface area is 140 Å². The van der Waals surface area contributed by atoms with Crippen molar-refractivity contribution in [1.82, 2.24) is 10.2 Å². The van der Waals surface area contributed by atoms with Gasteiger partial charge in [0.25, 0.3) is 0 Å². The molecule has 0 radical (unpaired) electrons. The monoisotopic (exact) mass is 356 g/mol. The first-order valence-corrected chi connectivity index (χ1v) is 8.49. The molecule has 24 heavy (non-hydrogen) atoms. The predicted octanol–water partition coefficient (Wildman–Crippen LogP) is 0.402. The van der Waals surface area contributed by atoms with Gasteiger partial charge in [-0.05, 0) is 17.7 Å². The van der Waals surface area contributed by atoms with E-state index in [0.717, 1.165) is 0 Å². The molecule has 1 aromatic rings. The SMILES string of the molecule is C#CCNC(C(=O)N1CCOCC1)c1ccc(OS(=O)(=O)F)cc1. The topological polar surface area (TPSA) is 84.9 Å². The molecule has 1 amide bonds. The molecule has 0 aliphatic carbocycles. The van der Waals surface area contributed by atoms with Crippen LogP contribution in [0.4, 0.5) is 3.89 Å². The number of nitrogens with one attached hydrogen (secondary N) is 1. The van der Waals surface area contributed by atoms with Gasteiger partial charge in [0, 0.05) is 13.1 Å². The average molecular weight is 356 g/mol. The Balaban J connectivity index is 2.17. The largest absolute Gasteiger partial charge is 0.488 e. The van der Waals surface area contributed by atoms with Crippen molar-refractivity contribution in [2.24, 2.45) is 0 Å². The molecular weight excluding hydrogens is 339 g/mol. The smallest absolute Gasteiger partial charge is 0.378 e. The fraction of sp³-hybridized carbons (Fsp3) is 0.400. The molecule has 1 atom stereocenters. The van der Waals surface area contributed by atoms with Crippen LogP contribution in [0.15, 0.2) is 24.3 Å². The van der Waals surface area contributed by atoms with E-state index in [1.54, 1.807) is 4.90 Å². The van der Waals surface area contributed by atoms with Crippen LogP contribution in [0.1, 0.15) is 11.6 Å². The third-order valence-electron chi connectivity index (χ3n) is 3.39. The molecule has 1 aliphatic rings. The molecule has 1 unspecified atom stereocenters. The van der Waals surface area contributed by atoms with Gasteiger partial charge >= 0.3 is 10.5 Å². The highest BCUT2D eigenvalue weighted by molar-refractivity contribution is 7.81. The van der Waals surface area contributed by atoms with Gasteiger partial charge in [-0.15, -0.1) is 6.42 Å². The zero-order valence-corrected chi connectivity index (χ0v) is 13.6. The number of ether oxygens (including phenoxy) is 1. The molecular formula is C15H17FN2O5S. The summed E-state index contributed by atoms with van der Waals surface area (Å²) in [5.41, 5.74) is 0.561. The summed E-state index contributed by atoms with van der Waals surface area (Å²) in [6, 6.07) is 4.79. The van der Waals surface area contributed by atoms with E-state index >= 15 is 0 Å². The molecule has 1 N–H and O–H groups in total. The maximum atomic E-state index is 12.7. The van der Waals surface area contributed by atoms with Gasteiger partial charge in [0.05, 0.1) is 19.8 Å². The number of rotatable bonds is 6. The minimum Gasteiger partial charge on any atom is -0.378 e. The number of morpholine rings is 1. The van der Waals surface area contributed by atoms with Crippen LogP contribution in [-0.2, 0) is 20.0 Å². The van der Waals surface area contributed by atoms with Gasteiger partial charge < -0.3 is 13.8 Å². The molecule has 1 aromatic carbocycles. The van der Waals surface area contributed by atoms with E-state index < -0.39 is 16.5 Å². The second-order valence-corrected chi connectivity index (χ2v) is 5.95. The van der Waals surface area contributed by atoms with Crippen molar-refractivity contribution in [3.05, 3.63) is 29.8 Å². The summed E-state index contributed by atoms with van der Waals surface area (Å²) in [5, 5.41) is 2.95. The Morgan fingerprint density at radius 1 is 1.38 bits per heavy atom. The standard InChI is InChI=1S/C15H17FN2O5S/c1-2-7-17-14(15(19)18-8-10-22-11-9-18)12-3-5-13(6-4-12)23-24(16,20)21/h1,3-6,14,17H,7-11H2. The van der Waals surface area contributed by atoms with Crippen molar-refractivity contribution < 1.29 is 26.0 Å². The normalized spacial score (nSPS) is 16.2. The summed E-state index contributed by atoms with van der Waals surface area (Å²) in [7, 11) is -5.09. The van der Waals surface area contributed by atoms with E-state index in [1.165, 1.54) is 24.3 Å². The molecule has 1 fully saturated rings. The molecule has 0 aromatic heterocycles. The van der Waals surface area contributed by atoms with Crippen molar-refractivity contribution in [3.8, 4) is 18.1 Å². The first kappa shape index (κ1) is 18.2. The molecule has 130 valence electrons. The van der Waals surface area contributed by atoms with Crippen molar-refractivity contribution >= 4 is 16.4 Å². The minimum absolute atomic E-state index is 0.166. The fourth-order valence-electron chi connectivity index (χ4n) is 2.31. The number of halogens is 1. The van der Waals surface area contributed by atoms with E-state index in [-0.39, 0.29) is 18.2 Å². The van der Waals surface area contributed by atoms with Crippen LogP contribution >= 0.6 is 0 Å². The van der Waals surface area contributed by atoms with Crippen molar-refractivity contribution in [2.75, 3.05) is 32.8 Å². The average Bonchev–Trinajstić information content (AvgIpc) is 2.56. The van der Waals surface area contributed by atoms with Gasteiger partial charge in [-0.25, -0.2) is 0 Å². The molecule has 9 heteroatoms. The van der Waals surface area contributed by atoms with Crippen LogP contribution in [0.25, 0.3) is 0 Å². The highest BCUT2D eigenvalue weighted by Gasteiger charge is 2.26. The highest BCUT2D eigenvalue weighted by Crippen LogP contribution is 2.21. The maximum absolute atomic E-state index is 12.7. The molecule has 1 saturated heterocycles. The Morgan fingerprint density at radius 3 is 2.54 bits per heavy atom. The van der Waals surface area contributed by atoms with E-state index in [9.17, 15) is 17.1 Å². The van der Waals surface area contributed by atoms with Gasteiger partial charge in [-0.2, -0.15) is 8.42 Å². The van der Waals surface area contributed by atoms with Crippen LogP contribution in [0.3, 0.4) is 0 Å². The summed E-state index contributed by atoms with van der Waals surface area (Å²) < 4.78 is 42.8. The Kier molecular flexibility index (Phi) is 6.14. The number of carbonyl (C=O) groups is 1. The summed E-state index contributed by atoms with van der Waals surface area (Å²) in [6.07, 6.45) is 5.24. The number of hydrogen-bond acceptors (Lipinski definition) is 6. The summed E-state index contributed by atoms with van der Waals surface area (Å²) in [5.74, 6) is 2.06. The van der Waals surface area contributed by atoms with E-state index in [1.807, 2.05) is 0 Å². The molecule has 1 aliphatic heterocycles. The van der Waals surface area contributed by atoms with Crippen molar-refractivity contribution in [3.63, 3.8) is 0 Å². The Hall–Kier alpha value is -2.15. The zero-order valence-electron chi connectivity index (χ0n) is 12.8. The summed E-state index contributed by atoms with van der Waals surface area (Å²) >= 11 is 0. The van der Waals surface area contributed by atoms with Gasteiger partial charge in [0.15, 0.2) is 0 Å². The molecule has 0 saturated carbocycles. The minimum atomic E-state index is -5.09. The number of amides is 1. The van der Waals surface area contributed by atoms with Crippen LogP contribution in [0, 0.1) is 12.3 Å². The molecule has 0 bridgehead atoms. The van der Waals surface area contributed by atoms with E-state index in [0.29, 0.717) is 31.9 Å². The van der Waals surface area contributed by atoms with E-state index in [4.69, 9.17) is 11.2 Å². The lowest BCUT2D eigenvalue weighted by Crippen LogP contribution is -2.46. The third kappa shape index (κ3) is 5.19. The Morgan fingerprint density at radius 2 is 2.00 bits per heavy atom. The number of benzene rings is 1. The zero-order chi connectivity index (χ0) is 17.6.